The molecule has 5 nitrogen and oxygen atoms in total. The zero-order chi connectivity index (χ0) is 13.9. The average Bonchev–Trinajstić information content (AvgIpc) is 2.27. The van der Waals surface area contributed by atoms with Crippen molar-refractivity contribution in [1.29, 1.82) is 0 Å². The van der Waals surface area contributed by atoms with Crippen molar-refractivity contribution < 1.29 is 19.5 Å². The monoisotopic (exact) mass is 249 g/mol. The van der Waals surface area contributed by atoms with E-state index >= 15 is 0 Å². The highest BCUT2D eigenvalue weighted by Gasteiger charge is 2.34. The number of benzene rings is 1. The van der Waals surface area contributed by atoms with E-state index in [1.54, 1.807) is 12.1 Å². The number of para-hydroxylation sites is 1. The van der Waals surface area contributed by atoms with Gasteiger partial charge in [-0.25, -0.2) is 0 Å². The van der Waals surface area contributed by atoms with Crippen LogP contribution in [-0.2, 0) is 14.4 Å². The van der Waals surface area contributed by atoms with Crippen LogP contribution in [0.4, 0.5) is 5.69 Å². The molecule has 1 rings (SSSR count). The van der Waals surface area contributed by atoms with Gasteiger partial charge < -0.3 is 10.0 Å². The molecule has 0 fully saturated rings. The van der Waals surface area contributed by atoms with Crippen molar-refractivity contribution in [3.05, 3.63) is 29.8 Å². The first-order valence-electron chi connectivity index (χ1n) is 5.42. The molecule has 0 aromatic heterocycles. The number of amides is 1. The van der Waals surface area contributed by atoms with Crippen molar-refractivity contribution in [3.8, 4) is 0 Å². The number of hydrogen-bond acceptors (Lipinski definition) is 3. The number of aryl methyl sites for hydroxylation is 1. The highest BCUT2D eigenvalue weighted by atomic mass is 16.4. The SMILES string of the molecule is CC(=O)C(C(=O)O)C(=O)N(C)c1ccccc1C. The van der Waals surface area contributed by atoms with E-state index in [1.165, 1.54) is 11.9 Å². The molecule has 1 N–H and O–H groups in total. The number of ketones is 1. The number of anilines is 1. The Kier molecular flexibility index (Phi) is 4.20. The molecule has 5 heteroatoms. The highest BCUT2D eigenvalue weighted by Crippen LogP contribution is 2.20. The number of Topliss-reactive ketones (excluding diaryl/α,β-unsaturated/α-hetero) is 1. The van der Waals surface area contributed by atoms with Crippen LogP contribution < -0.4 is 4.90 Å². The van der Waals surface area contributed by atoms with Crippen molar-refractivity contribution in [2.24, 2.45) is 5.92 Å². The fourth-order valence-corrected chi connectivity index (χ4v) is 1.71. The normalized spacial score (nSPS) is 11.7. The lowest BCUT2D eigenvalue weighted by atomic mass is 10.0. The minimum Gasteiger partial charge on any atom is -0.480 e. The molecular formula is C13H15NO4. The summed E-state index contributed by atoms with van der Waals surface area (Å²) in [5, 5.41) is 8.91. The maximum Gasteiger partial charge on any atom is 0.323 e. The van der Waals surface area contributed by atoms with Gasteiger partial charge in [-0.05, 0) is 25.5 Å². The Morgan fingerprint density at radius 3 is 2.22 bits per heavy atom. The quantitative estimate of drug-likeness (QED) is 0.815. The smallest absolute Gasteiger partial charge is 0.323 e. The van der Waals surface area contributed by atoms with E-state index < -0.39 is 23.6 Å². The van der Waals surface area contributed by atoms with Crippen LogP contribution in [0, 0.1) is 12.8 Å². The van der Waals surface area contributed by atoms with Crippen LogP contribution in [0.5, 0.6) is 0 Å². The third-order valence-electron chi connectivity index (χ3n) is 2.71. The summed E-state index contributed by atoms with van der Waals surface area (Å²) in [7, 11) is 1.46. The van der Waals surface area contributed by atoms with Gasteiger partial charge in [0.25, 0.3) is 0 Å². The van der Waals surface area contributed by atoms with Gasteiger partial charge in [-0.2, -0.15) is 0 Å². The van der Waals surface area contributed by atoms with Gasteiger partial charge in [-0.3, -0.25) is 14.4 Å². The molecule has 0 aliphatic heterocycles. The molecule has 0 aliphatic rings. The van der Waals surface area contributed by atoms with E-state index in [0.29, 0.717) is 5.69 Å². The molecule has 0 spiro atoms. The first kappa shape index (κ1) is 13.9. The Bertz CT molecular complexity index is 482. The summed E-state index contributed by atoms with van der Waals surface area (Å²) in [6, 6.07) is 7.07. The Morgan fingerprint density at radius 1 is 1.22 bits per heavy atom. The summed E-state index contributed by atoms with van der Waals surface area (Å²) in [4.78, 5) is 35.4. The molecule has 0 bridgehead atoms. The van der Waals surface area contributed by atoms with Crippen LogP contribution in [0.1, 0.15) is 12.5 Å². The third-order valence-corrected chi connectivity index (χ3v) is 2.71. The van der Waals surface area contributed by atoms with Crippen molar-refractivity contribution in [2.75, 3.05) is 11.9 Å². The van der Waals surface area contributed by atoms with Gasteiger partial charge in [-0.15, -0.1) is 0 Å². The summed E-state index contributed by atoms with van der Waals surface area (Å²) in [5.74, 6) is -4.47. The molecule has 1 aromatic carbocycles. The van der Waals surface area contributed by atoms with Crippen LogP contribution in [0.25, 0.3) is 0 Å². The topological polar surface area (TPSA) is 74.7 Å². The molecule has 0 saturated carbocycles. The molecule has 96 valence electrons. The maximum atomic E-state index is 12.0. The molecule has 1 atom stereocenters. The van der Waals surface area contributed by atoms with E-state index in [-0.39, 0.29) is 0 Å². The summed E-state index contributed by atoms with van der Waals surface area (Å²) in [5.41, 5.74) is 1.43. The first-order valence-corrected chi connectivity index (χ1v) is 5.42. The summed E-state index contributed by atoms with van der Waals surface area (Å²) >= 11 is 0. The van der Waals surface area contributed by atoms with Gasteiger partial charge in [0, 0.05) is 12.7 Å². The number of carboxylic acids is 1. The average molecular weight is 249 g/mol. The number of nitrogens with zero attached hydrogens (tertiary/aromatic N) is 1. The summed E-state index contributed by atoms with van der Waals surface area (Å²) in [6.07, 6.45) is 0. The lowest BCUT2D eigenvalue weighted by Gasteiger charge is -2.21. The lowest BCUT2D eigenvalue weighted by Crippen LogP contribution is -2.40. The molecule has 0 radical (unpaired) electrons. The summed E-state index contributed by atoms with van der Waals surface area (Å²) < 4.78 is 0. The maximum absolute atomic E-state index is 12.0. The fraction of sp³-hybridized carbons (Fsp3) is 0.308. The van der Waals surface area contributed by atoms with E-state index in [2.05, 4.69) is 0 Å². The van der Waals surface area contributed by atoms with Gasteiger partial charge in [0.2, 0.25) is 5.91 Å². The van der Waals surface area contributed by atoms with Crippen molar-refractivity contribution >= 4 is 23.3 Å². The standard InChI is InChI=1S/C13H15NO4/c1-8-6-4-5-7-10(8)14(3)12(16)11(9(2)15)13(17)18/h4-7,11H,1-3H3,(H,17,18). The number of carbonyl (C=O) groups is 3. The van der Waals surface area contributed by atoms with Crippen molar-refractivity contribution in [2.45, 2.75) is 13.8 Å². The fourth-order valence-electron chi connectivity index (χ4n) is 1.71. The number of carbonyl (C=O) groups excluding carboxylic acids is 2. The zero-order valence-electron chi connectivity index (χ0n) is 10.5. The predicted octanol–water partition coefficient (Wildman–Crippen LogP) is 1.25. The van der Waals surface area contributed by atoms with Crippen molar-refractivity contribution in [1.82, 2.24) is 0 Å². The van der Waals surface area contributed by atoms with Gasteiger partial charge >= 0.3 is 5.97 Å². The number of rotatable bonds is 4. The molecular weight excluding hydrogens is 234 g/mol. The number of carboxylic acid groups (broad SMARTS) is 1. The van der Waals surface area contributed by atoms with Crippen LogP contribution in [0.3, 0.4) is 0 Å². The molecule has 0 saturated heterocycles. The van der Waals surface area contributed by atoms with E-state index in [9.17, 15) is 14.4 Å². The predicted molar refractivity (Wildman–Crippen MR) is 66.4 cm³/mol. The Balaban J connectivity index is 3.07. The largest absolute Gasteiger partial charge is 0.480 e. The summed E-state index contributed by atoms with van der Waals surface area (Å²) in [6.45, 7) is 2.91. The minimum atomic E-state index is -1.64. The van der Waals surface area contributed by atoms with E-state index in [0.717, 1.165) is 12.5 Å². The Labute approximate surface area is 105 Å². The van der Waals surface area contributed by atoms with Crippen LogP contribution in [-0.4, -0.2) is 29.8 Å². The first-order chi connectivity index (χ1) is 8.36. The van der Waals surface area contributed by atoms with E-state index in [1.807, 2.05) is 19.1 Å². The van der Waals surface area contributed by atoms with Crippen LogP contribution in [0.2, 0.25) is 0 Å². The zero-order valence-corrected chi connectivity index (χ0v) is 10.5. The van der Waals surface area contributed by atoms with Crippen LogP contribution >= 0.6 is 0 Å². The Hall–Kier alpha value is -2.17. The van der Waals surface area contributed by atoms with Crippen LogP contribution in [0.15, 0.2) is 24.3 Å². The Morgan fingerprint density at radius 2 is 1.78 bits per heavy atom. The molecule has 0 aliphatic carbocycles. The molecule has 1 aromatic rings. The lowest BCUT2D eigenvalue weighted by molar-refractivity contribution is -0.149. The third kappa shape index (κ3) is 2.74. The molecule has 0 heterocycles. The molecule has 1 amide bonds. The second-order valence-corrected chi connectivity index (χ2v) is 4.07. The van der Waals surface area contributed by atoms with Crippen molar-refractivity contribution in [3.63, 3.8) is 0 Å². The van der Waals surface area contributed by atoms with Gasteiger partial charge in [-0.1, -0.05) is 18.2 Å². The number of hydrogen-bond donors (Lipinski definition) is 1. The van der Waals surface area contributed by atoms with Gasteiger partial charge in [0.15, 0.2) is 11.7 Å². The number of aliphatic carboxylic acids is 1. The van der Waals surface area contributed by atoms with Gasteiger partial charge in [0.1, 0.15) is 0 Å². The second kappa shape index (κ2) is 5.44. The minimum absolute atomic E-state index is 0.593. The van der Waals surface area contributed by atoms with Gasteiger partial charge in [0.05, 0.1) is 0 Å². The second-order valence-electron chi connectivity index (χ2n) is 4.07. The molecule has 1 unspecified atom stereocenters. The molecule has 18 heavy (non-hydrogen) atoms. The van der Waals surface area contributed by atoms with E-state index in [4.69, 9.17) is 5.11 Å². The highest BCUT2D eigenvalue weighted by molar-refractivity contribution is 6.19.